The molecule has 0 saturated carbocycles. The first-order chi connectivity index (χ1) is 12.4. The van der Waals surface area contributed by atoms with Crippen molar-refractivity contribution in [2.24, 2.45) is 0 Å². The summed E-state index contributed by atoms with van der Waals surface area (Å²) in [5, 5.41) is 4.05. The molecule has 8 heteroatoms. The van der Waals surface area contributed by atoms with Gasteiger partial charge in [0.2, 0.25) is 0 Å². The van der Waals surface area contributed by atoms with Crippen molar-refractivity contribution in [3.05, 3.63) is 58.5 Å². The minimum absolute atomic E-state index is 0.0275. The molecular formula is C18H21FN6S. The van der Waals surface area contributed by atoms with Gasteiger partial charge in [0.1, 0.15) is 17.5 Å². The number of pyridine rings is 1. The molecule has 3 rings (SSSR count). The van der Waals surface area contributed by atoms with E-state index in [2.05, 4.69) is 30.2 Å². The molecule has 0 aliphatic carbocycles. The second-order valence-electron chi connectivity index (χ2n) is 6.21. The Labute approximate surface area is 156 Å². The molecular weight excluding hydrogens is 351 g/mol. The molecule has 6 nitrogen and oxygen atoms in total. The fraction of sp³-hybridized carbons (Fsp3) is 0.333. The predicted molar refractivity (Wildman–Crippen MR) is 101 cm³/mol. The molecule has 0 spiro atoms. The van der Waals surface area contributed by atoms with E-state index >= 15 is 0 Å². The quantitative estimate of drug-likeness (QED) is 0.705. The number of anilines is 2. The third-order valence-corrected chi connectivity index (χ3v) is 4.79. The predicted octanol–water partition coefficient (Wildman–Crippen LogP) is 4.02. The number of nitrogens with one attached hydrogen (secondary N) is 1. The van der Waals surface area contributed by atoms with Crippen molar-refractivity contribution >= 4 is 22.3 Å². The topological polar surface area (TPSA) is 66.8 Å². The van der Waals surface area contributed by atoms with E-state index in [1.54, 1.807) is 17.4 Å². The maximum Gasteiger partial charge on any atom is 0.188 e. The van der Waals surface area contributed by atoms with Crippen LogP contribution in [0.4, 0.5) is 15.3 Å². The monoisotopic (exact) mass is 372 g/mol. The van der Waals surface area contributed by atoms with E-state index in [0.717, 1.165) is 27.2 Å². The molecule has 1 atom stereocenters. The SMILES string of the molecule is Cc1cc(Nc2ncc(C)s2)nc([C@@H](C)N(C)Cc2ccc(F)cn2)n1. The van der Waals surface area contributed by atoms with E-state index < -0.39 is 0 Å². The van der Waals surface area contributed by atoms with Gasteiger partial charge in [-0.05, 0) is 40.0 Å². The number of aromatic nitrogens is 4. The van der Waals surface area contributed by atoms with Crippen molar-refractivity contribution in [2.75, 3.05) is 12.4 Å². The number of hydrogen-bond donors (Lipinski definition) is 1. The molecule has 3 heterocycles. The Bertz CT molecular complexity index is 880. The molecule has 0 bridgehead atoms. The average Bonchev–Trinajstić information content (AvgIpc) is 3.00. The van der Waals surface area contributed by atoms with Crippen molar-refractivity contribution in [1.29, 1.82) is 0 Å². The third kappa shape index (κ3) is 4.59. The second kappa shape index (κ2) is 7.84. The molecule has 3 aromatic heterocycles. The third-order valence-electron chi connectivity index (χ3n) is 3.96. The first kappa shape index (κ1) is 18.3. The molecule has 0 aliphatic rings. The molecule has 0 saturated heterocycles. The molecule has 136 valence electrons. The van der Waals surface area contributed by atoms with Gasteiger partial charge in [0, 0.05) is 29.4 Å². The summed E-state index contributed by atoms with van der Waals surface area (Å²) in [6.45, 7) is 6.57. The van der Waals surface area contributed by atoms with E-state index in [1.807, 2.05) is 40.1 Å². The Morgan fingerprint density at radius 3 is 2.65 bits per heavy atom. The highest BCUT2D eigenvalue weighted by atomic mass is 32.1. The summed E-state index contributed by atoms with van der Waals surface area (Å²) in [4.78, 5) is 20.8. The standard InChI is InChI=1S/C18H21FN6S/c1-11-7-16(24-18-21-8-12(2)26-18)23-17(22-11)13(3)25(4)10-15-6-5-14(19)9-20-15/h5-9,13H,10H2,1-4H3,(H,21,22,23,24)/t13-/m1/s1. The van der Waals surface area contributed by atoms with Gasteiger partial charge < -0.3 is 5.32 Å². The fourth-order valence-electron chi connectivity index (χ4n) is 2.45. The second-order valence-corrected chi connectivity index (χ2v) is 7.45. The summed E-state index contributed by atoms with van der Waals surface area (Å²) in [6, 6.07) is 4.98. The van der Waals surface area contributed by atoms with E-state index in [4.69, 9.17) is 0 Å². The molecule has 0 aromatic carbocycles. The number of hydrogen-bond acceptors (Lipinski definition) is 7. The van der Waals surface area contributed by atoms with Crippen molar-refractivity contribution in [1.82, 2.24) is 24.8 Å². The Kier molecular flexibility index (Phi) is 5.53. The number of rotatable bonds is 6. The zero-order chi connectivity index (χ0) is 18.7. The van der Waals surface area contributed by atoms with Gasteiger partial charge in [0.25, 0.3) is 0 Å². The fourth-order valence-corrected chi connectivity index (χ4v) is 3.13. The molecule has 0 unspecified atom stereocenters. The van der Waals surface area contributed by atoms with Gasteiger partial charge in [-0.1, -0.05) is 0 Å². The number of halogens is 1. The number of nitrogens with zero attached hydrogens (tertiary/aromatic N) is 5. The van der Waals surface area contributed by atoms with Crippen molar-refractivity contribution in [2.45, 2.75) is 33.4 Å². The van der Waals surface area contributed by atoms with Crippen molar-refractivity contribution < 1.29 is 4.39 Å². The highest BCUT2D eigenvalue weighted by Crippen LogP contribution is 2.23. The summed E-state index contributed by atoms with van der Waals surface area (Å²) in [5.74, 6) is 1.10. The largest absolute Gasteiger partial charge is 0.316 e. The van der Waals surface area contributed by atoms with Crippen LogP contribution in [0.3, 0.4) is 0 Å². The van der Waals surface area contributed by atoms with Gasteiger partial charge in [0.15, 0.2) is 5.13 Å². The summed E-state index contributed by atoms with van der Waals surface area (Å²) in [6.07, 6.45) is 3.06. The lowest BCUT2D eigenvalue weighted by Crippen LogP contribution is -2.24. The first-order valence-electron chi connectivity index (χ1n) is 8.26. The van der Waals surface area contributed by atoms with Gasteiger partial charge in [-0.3, -0.25) is 9.88 Å². The Balaban J connectivity index is 1.75. The van der Waals surface area contributed by atoms with Crippen molar-refractivity contribution in [3.63, 3.8) is 0 Å². The van der Waals surface area contributed by atoms with Crippen LogP contribution in [0, 0.1) is 19.7 Å². The molecule has 0 amide bonds. The van der Waals surface area contributed by atoms with Crippen LogP contribution in [0.1, 0.15) is 35.1 Å². The first-order valence-corrected chi connectivity index (χ1v) is 9.08. The smallest absolute Gasteiger partial charge is 0.188 e. The van der Waals surface area contributed by atoms with Crippen molar-refractivity contribution in [3.8, 4) is 0 Å². The Morgan fingerprint density at radius 2 is 2.00 bits per heavy atom. The number of thiazole rings is 1. The lowest BCUT2D eigenvalue weighted by molar-refractivity contribution is 0.240. The van der Waals surface area contributed by atoms with Crippen LogP contribution in [0.25, 0.3) is 0 Å². The summed E-state index contributed by atoms with van der Waals surface area (Å²) in [5.41, 5.74) is 1.68. The van der Waals surface area contributed by atoms with Gasteiger partial charge in [-0.2, -0.15) is 0 Å². The zero-order valence-corrected chi connectivity index (χ0v) is 16.0. The van der Waals surface area contributed by atoms with Gasteiger partial charge in [-0.25, -0.2) is 19.3 Å². The van der Waals surface area contributed by atoms with E-state index in [-0.39, 0.29) is 11.9 Å². The van der Waals surface area contributed by atoms with E-state index in [1.165, 1.54) is 12.3 Å². The molecule has 3 aromatic rings. The van der Waals surface area contributed by atoms with Crippen LogP contribution in [-0.4, -0.2) is 31.9 Å². The summed E-state index contributed by atoms with van der Waals surface area (Å²) >= 11 is 1.58. The van der Waals surface area contributed by atoms with Crippen LogP contribution in [0.5, 0.6) is 0 Å². The maximum atomic E-state index is 13.0. The molecule has 1 N–H and O–H groups in total. The van der Waals surface area contributed by atoms with Crippen LogP contribution in [0.2, 0.25) is 0 Å². The minimum atomic E-state index is -0.334. The normalized spacial score (nSPS) is 12.4. The Morgan fingerprint density at radius 1 is 1.19 bits per heavy atom. The van der Waals surface area contributed by atoms with E-state index in [9.17, 15) is 4.39 Å². The van der Waals surface area contributed by atoms with E-state index in [0.29, 0.717) is 12.4 Å². The maximum absolute atomic E-state index is 13.0. The molecule has 0 fully saturated rings. The lowest BCUT2D eigenvalue weighted by Gasteiger charge is -2.23. The number of aryl methyl sites for hydroxylation is 2. The van der Waals surface area contributed by atoms with Crippen LogP contribution < -0.4 is 5.32 Å². The zero-order valence-electron chi connectivity index (χ0n) is 15.2. The highest BCUT2D eigenvalue weighted by molar-refractivity contribution is 7.15. The van der Waals surface area contributed by atoms with Crippen LogP contribution in [-0.2, 0) is 6.54 Å². The van der Waals surface area contributed by atoms with Gasteiger partial charge >= 0.3 is 0 Å². The lowest BCUT2D eigenvalue weighted by atomic mass is 10.2. The minimum Gasteiger partial charge on any atom is -0.316 e. The van der Waals surface area contributed by atoms with Crippen LogP contribution in [0.15, 0.2) is 30.6 Å². The van der Waals surface area contributed by atoms with Crippen LogP contribution >= 0.6 is 11.3 Å². The summed E-state index contributed by atoms with van der Waals surface area (Å²) in [7, 11) is 1.97. The van der Waals surface area contributed by atoms with Gasteiger partial charge in [0.05, 0.1) is 17.9 Å². The average molecular weight is 372 g/mol. The molecule has 0 aliphatic heterocycles. The van der Waals surface area contributed by atoms with Gasteiger partial charge in [-0.15, -0.1) is 11.3 Å². The molecule has 0 radical (unpaired) electrons. The Hall–Kier alpha value is -2.45. The summed E-state index contributed by atoms with van der Waals surface area (Å²) < 4.78 is 13.0. The molecule has 26 heavy (non-hydrogen) atoms. The highest BCUT2D eigenvalue weighted by Gasteiger charge is 2.17.